The van der Waals surface area contributed by atoms with E-state index in [1.54, 1.807) is 11.6 Å². The molecule has 0 unspecified atom stereocenters. The molecule has 0 aliphatic carbocycles. The molecular formula is C11H11ClN2O2S. The molecule has 0 saturated carbocycles. The van der Waals surface area contributed by atoms with Gasteiger partial charge in [0.1, 0.15) is 12.1 Å². The van der Waals surface area contributed by atoms with Crippen LogP contribution in [-0.4, -0.2) is 24.1 Å². The molecule has 4 nitrogen and oxygen atoms in total. The number of thiazole rings is 1. The average molecular weight is 271 g/mol. The fraction of sp³-hybridized carbons (Fsp3) is 0.273. The number of hydrogen-bond donors (Lipinski definition) is 1. The second-order valence-corrected chi connectivity index (χ2v) is 4.60. The molecule has 0 atom stereocenters. The minimum Gasteiger partial charge on any atom is -0.372 e. The number of halogens is 1. The first kappa shape index (κ1) is 12.3. The normalized spacial score (nSPS) is 10.7. The van der Waals surface area contributed by atoms with E-state index in [4.69, 9.17) is 16.3 Å². The van der Waals surface area contributed by atoms with Gasteiger partial charge in [-0.05, 0) is 19.1 Å². The first-order chi connectivity index (χ1) is 8.22. The van der Waals surface area contributed by atoms with Crippen LogP contribution in [0.3, 0.4) is 0 Å². The molecule has 17 heavy (non-hydrogen) atoms. The Morgan fingerprint density at radius 3 is 3.18 bits per heavy atom. The number of nitrogens with zero attached hydrogens (tertiary/aromatic N) is 1. The molecule has 0 aliphatic rings. The quantitative estimate of drug-likeness (QED) is 0.929. The summed E-state index contributed by atoms with van der Waals surface area (Å²) in [5.41, 5.74) is 2.99. The zero-order valence-corrected chi connectivity index (χ0v) is 10.8. The van der Waals surface area contributed by atoms with E-state index in [9.17, 15) is 4.79 Å². The molecule has 0 spiro atoms. The standard InChI is InChI=1S/C11H11ClN2O2S/c1-2-16-5-9(15)14-10-7(12)3-4-8-11(10)13-6-17-8/h3-4,6H,2,5H2,1H3,(H,14,15). The molecule has 6 heteroatoms. The number of amides is 1. The van der Waals surface area contributed by atoms with Crippen LogP contribution in [-0.2, 0) is 9.53 Å². The van der Waals surface area contributed by atoms with Crippen molar-refractivity contribution in [1.29, 1.82) is 0 Å². The van der Waals surface area contributed by atoms with E-state index in [1.165, 1.54) is 11.3 Å². The highest BCUT2D eigenvalue weighted by molar-refractivity contribution is 7.16. The fourth-order valence-electron chi connectivity index (χ4n) is 1.40. The number of carbonyl (C=O) groups excluding carboxylic acids is 1. The van der Waals surface area contributed by atoms with Gasteiger partial charge in [0.2, 0.25) is 5.91 Å². The predicted octanol–water partition coefficient (Wildman–Crippen LogP) is 2.92. The topological polar surface area (TPSA) is 51.2 Å². The lowest BCUT2D eigenvalue weighted by molar-refractivity contribution is -0.120. The van der Waals surface area contributed by atoms with E-state index >= 15 is 0 Å². The van der Waals surface area contributed by atoms with E-state index in [0.29, 0.717) is 22.8 Å². The Hall–Kier alpha value is -1.17. The molecule has 0 aliphatic heterocycles. The van der Waals surface area contributed by atoms with Crippen molar-refractivity contribution in [2.75, 3.05) is 18.5 Å². The first-order valence-electron chi connectivity index (χ1n) is 5.11. The van der Waals surface area contributed by atoms with Crippen LogP contribution in [0.25, 0.3) is 10.2 Å². The number of rotatable bonds is 4. The monoisotopic (exact) mass is 270 g/mol. The zero-order chi connectivity index (χ0) is 12.3. The maximum atomic E-state index is 11.6. The van der Waals surface area contributed by atoms with Gasteiger partial charge in [-0.1, -0.05) is 11.6 Å². The summed E-state index contributed by atoms with van der Waals surface area (Å²) in [5.74, 6) is -0.228. The molecule has 1 N–H and O–H groups in total. The summed E-state index contributed by atoms with van der Waals surface area (Å²) in [4.78, 5) is 15.8. The van der Waals surface area contributed by atoms with E-state index in [0.717, 1.165) is 4.70 Å². The van der Waals surface area contributed by atoms with Crippen molar-refractivity contribution in [3.05, 3.63) is 22.7 Å². The van der Waals surface area contributed by atoms with Crippen LogP contribution in [0.1, 0.15) is 6.92 Å². The molecule has 0 fully saturated rings. The molecular weight excluding hydrogens is 260 g/mol. The Morgan fingerprint density at radius 2 is 2.41 bits per heavy atom. The number of carbonyl (C=O) groups is 1. The lowest BCUT2D eigenvalue weighted by Crippen LogP contribution is -2.18. The minimum atomic E-state index is -0.228. The Morgan fingerprint density at radius 1 is 1.59 bits per heavy atom. The first-order valence-corrected chi connectivity index (χ1v) is 6.37. The number of hydrogen-bond acceptors (Lipinski definition) is 4. The molecule has 2 rings (SSSR count). The van der Waals surface area contributed by atoms with E-state index in [-0.39, 0.29) is 12.5 Å². The highest BCUT2D eigenvalue weighted by Crippen LogP contribution is 2.32. The van der Waals surface area contributed by atoms with E-state index in [1.807, 2.05) is 13.0 Å². The van der Waals surface area contributed by atoms with Crippen LogP contribution < -0.4 is 5.32 Å². The Labute approximate surface area is 108 Å². The van der Waals surface area contributed by atoms with Gasteiger partial charge in [-0.2, -0.15) is 0 Å². The van der Waals surface area contributed by atoms with Crippen molar-refractivity contribution in [2.24, 2.45) is 0 Å². The van der Waals surface area contributed by atoms with Gasteiger partial charge >= 0.3 is 0 Å². The number of benzene rings is 1. The molecule has 0 bridgehead atoms. The zero-order valence-electron chi connectivity index (χ0n) is 9.20. The van der Waals surface area contributed by atoms with Gasteiger partial charge in [-0.3, -0.25) is 4.79 Å². The average Bonchev–Trinajstić information content (AvgIpc) is 2.78. The maximum absolute atomic E-state index is 11.6. The minimum absolute atomic E-state index is 0.0212. The largest absolute Gasteiger partial charge is 0.372 e. The van der Waals surface area contributed by atoms with Gasteiger partial charge in [0, 0.05) is 6.61 Å². The molecule has 0 saturated heterocycles. The van der Waals surface area contributed by atoms with Crippen molar-refractivity contribution in [3.63, 3.8) is 0 Å². The summed E-state index contributed by atoms with van der Waals surface area (Å²) < 4.78 is 6.02. The van der Waals surface area contributed by atoms with Gasteiger partial charge in [0.15, 0.2) is 0 Å². The second kappa shape index (κ2) is 5.44. The highest BCUT2D eigenvalue weighted by Gasteiger charge is 2.11. The summed E-state index contributed by atoms with van der Waals surface area (Å²) in [6, 6.07) is 3.63. The molecule has 1 aromatic carbocycles. The maximum Gasteiger partial charge on any atom is 0.250 e. The van der Waals surface area contributed by atoms with E-state index in [2.05, 4.69) is 10.3 Å². The number of nitrogens with one attached hydrogen (secondary N) is 1. The molecule has 0 radical (unpaired) electrons. The van der Waals surface area contributed by atoms with Gasteiger partial charge < -0.3 is 10.1 Å². The Kier molecular flexibility index (Phi) is 3.93. The third-order valence-corrected chi connectivity index (χ3v) is 3.26. The van der Waals surface area contributed by atoms with Crippen LogP contribution in [0.2, 0.25) is 5.02 Å². The van der Waals surface area contributed by atoms with Gasteiger partial charge in [-0.25, -0.2) is 4.98 Å². The molecule has 90 valence electrons. The fourth-order valence-corrected chi connectivity index (χ4v) is 2.28. The van der Waals surface area contributed by atoms with Crippen LogP contribution in [0.15, 0.2) is 17.6 Å². The second-order valence-electron chi connectivity index (χ2n) is 3.31. The van der Waals surface area contributed by atoms with Crippen LogP contribution in [0.4, 0.5) is 5.69 Å². The highest BCUT2D eigenvalue weighted by atomic mass is 35.5. The summed E-state index contributed by atoms with van der Waals surface area (Å²) in [6.45, 7) is 2.36. The third-order valence-electron chi connectivity index (χ3n) is 2.15. The third kappa shape index (κ3) is 2.74. The lowest BCUT2D eigenvalue weighted by Gasteiger charge is -2.07. The van der Waals surface area contributed by atoms with Crippen molar-refractivity contribution in [2.45, 2.75) is 6.92 Å². The molecule has 1 aromatic heterocycles. The number of fused-ring (bicyclic) bond motifs is 1. The summed E-state index contributed by atoms with van der Waals surface area (Å²) in [6.07, 6.45) is 0. The van der Waals surface area contributed by atoms with Gasteiger partial charge in [0.25, 0.3) is 0 Å². The number of anilines is 1. The molecule has 1 amide bonds. The smallest absolute Gasteiger partial charge is 0.250 e. The van der Waals surface area contributed by atoms with Crippen LogP contribution >= 0.6 is 22.9 Å². The number of ether oxygens (including phenoxy) is 1. The van der Waals surface area contributed by atoms with Crippen LogP contribution in [0, 0.1) is 0 Å². The van der Waals surface area contributed by atoms with E-state index < -0.39 is 0 Å². The van der Waals surface area contributed by atoms with Crippen molar-refractivity contribution >= 4 is 44.7 Å². The van der Waals surface area contributed by atoms with Gasteiger partial charge in [-0.15, -0.1) is 11.3 Å². The summed E-state index contributed by atoms with van der Waals surface area (Å²) in [5, 5.41) is 3.20. The van der Waals surface area contributed by atoms with Crippen molar-refractivity contribution in [1.82, 2.24) is 4.98 Å². The Balaban J connectivity index is 2.25. The summed E-state index contributed by atoms with van der Waals surface area (Å²) >= 11 is 7.55. The molecule has 1 heterocycles. The lowest BCUT2D eigenvalue weighted by atomic mass is 10.3. The number of aromatic nitrogens is 1. The SMILES string of the molecule is CCOCC(=O)Nc1c(Cl)ccc2scnc12. The summed E-state index contributed by atoms with van der Waals surface area (Å²) in [7, 11) is 0. The Bertz CT molecular complexity index is 541. The van der Waals surface area contributed by atoms with Crippen molar-refractivity contribution < 1.29 is 9.53 Å². The molecule has 2 aromatic rings. The van der Waals surface area contributed by atoms with Gasteiger partial charge in [0.05, 0.1) is 20.9 Å². The predicted molar refractivity (Wildman–Crippen MR) is 69.8 cm³/mol. The van der Waals surface area contributed by atoms with Crippen molar-refractivity contribution in [3.8, 4) is 0 Å². The van der Waals surface area contributed by atoms with Crippen LogP contribution in [0.5, 0.6) is 0 Å².